The zero-order valence-corrected chi connectivity index (χ0v) is 25.8. The highest BCUT2D eigenvalue weighted by Gasteiger charge is 2.38. The van der Waals surface area contributed by atoms with Gasteiger partial charge in [0.1, 0.15) is 32.7 Å². The number of rotatable bonds is 10. The average molecular weight is 737 g/mol. The lowest BCUT2D eigenvalue weighted by Crippen LogP contribution is -2.46. The standard InChI is InChI=1S/C22H25B2I2NO6P2/c1-12(16-9-14(34(23)25)5-7-19(16)28)27(18(22(31)33-4)11-21(30)32-3)13(2)17-10-15(35(24)26)6-8-20(17)29/h5-10,12-13,18,28-29H,11H2,1-4H3. The Hall–Kier alpha value is -0.610. The molecule has 0 amide bonds. The molecule has 13 heteroatoms. The van der Waals surface area contributed by atoms with E-state index in [0.717, 1.165) is 10.6 Å². The fourth-order valence-corrected chi connectivity index (χ4v) is 6.66. The van der Waals surface area contributed by atoms with Crippen LogP contribution in [0.1, 0.15) is 43.5 Å². The molecular weight excluding hydrogens is 712 g/mol. The lowest BCUT2D eigenvalue weighted by atomic mass is 9.96. The van der Waals surface area contributed by atoms with Crippen LogP contribution < -0.4 is 10.6 Å². The molecule has 5 unspecified atom stereocenters. The summed E-state index contributed by atoms with van der Waals surface area (Å²) in [5.41, 5.74) is -0.896. The van der Waals surface area contributed by atoms with Crippen molar-refractivity contribution in [1.29, 1.82) is 0 Å². The van der Waals surface area contributed by atoms with Crippen LogP contribution in [0.3, 0.4) is 0 Å². The highest BCUT2D eigenvalue weighted by Crippen LogP contribution is 2.44. The second-order valence-corrected chi connectivity index (χ2v) is 16.2. The minimum Gasteiger partial charge on any atom is -0.508 e. The third-order valence-corrected chi connectivity index (χ3v) is 10.6. The summed E-state index contributed by atoms with van der Waals surface area (Å²) in [4.78, 5) is 27.0. The lowest BCUT2D eigenvalue weighted by molar-refractivity contribution is -0.155. The zero-order chi connectivity index (χ0) is 26.4. The molecule has 0 aliphatic rings. The van der Waals surface area contributed by atoms with Crippen LogP contribution in [-0.2, 0) is 19.1 Å². The number of methoxy groups -OCH3 is 2. The average Bonchev–Trinajstić information content (AvgIpc) is 2.82. The van der Waals surface area contributed by atoms with Gasteiger partial charge in [-0.15, -0.1) is 0 Å². The minimum atomic E-state index is -1.07. The van der Waals surface area contributed by atoms with Gasteiger partial charge in [0.15, 0.2) is 0 Å². The number of phenols is 2. The summed E-state index contributed by atoms with van der Waals surface area (Å²) in [7, 11) is 14.7. The summed E-state index contributed by atoms with van der Waals surface area (Å²) in [5, 5.41) is 23.2. The SMILES string of the molecule is [B]P(I)c1ccc(O)c(C(C)N(C(CC(=O)OC)C(=O)OC)C(C)c2cc(P([B])I)ccc2O)c1. The topological polar surface area (TPSA) is 96.3 Å². The van der Waals surface area contributed by atoms with Gasteiger partial charge in [-0.25, -0.2) is 0 Å². The molecule has 2 aromatic rings. The second-order valence-electron chi connectivity index (χ2n) is 7.73. The van der Waals surface area contributed by atoms with Crippen LogP contribution in [0, 0.1) is 0 Å². The molecule has 0 spiro atoms. The third-order valence-electron chi connectivity index (χ3n) is 5.73. The van der Waals surface area contributed by atoms with Gasteiger partial charge in [0.25, 0.3) is 0 Å². The Kier molecular flexibility index (Phi) is 12.1. The van der Waals surface area contributed by atoms with E-state index in [1.807, 2.05) is 13.8 Å². The molecule has 0 heterocycles. The van der Waals surface area contributed by atoms with Crippen LogP contribution >= 0.6 is 55.0 Å². The molecule has 0 aromatic heterocycles. The number of carbonyl (C=O) groups is 2. The number of benzene rings is 2. The van der Waals surface area contributed by atoms with E-state index >= 15 is 0 Å². The molecule has 2 aromatic carbocycles. The molecule has 7 nitrogen and oxygen atoms in total. The number of nitrogens with zero attached hydrogens (tertiary/aromatic N) is 1. The van der Waals surface area contributed by atoms with Crippen molar-refractivity contribution < 1.29 is 29.3 Å². The van der Waals surface area contributed by atoms with Crippen molar-refractivity contribution >= 4 is 92.6 Å². The Balaban J connectivity index is 2.73. The van der Waals surface area contributed by atoms with Gasteiger partial charge in [0, 0.05) is 23.2 Å². The number of aromatic hydroxyl groups is 2. The zero-order valence-electron chi connectivity index (χ0n) is 19.7. The van der Waals surface area contributed by atoms with Gasteiger partial charge in [-0.2, -0.15) is 0 Å². The highest BCUT2D eigenvalue weighted by atomic mass is 127. The largest absolute Gasteiger partial charge is 0.508 e. The molecule has 0 bridgehead atoms. The van der Waals surface area contributed by atoms with Crippen molar-refractivity contribution in [1.82, 2.24) is 4.90 Å². The summed E-state index contributed by atoms with van der Waals surface area (Å²) in [6, 6.07) is 7.98. The van der Waals surface area contributed by atoms with Gasteiger partial charge >= 0.3 is 11.9 Å². The fraction of sp³-hybridized carbons (Fsp3) is 0.364. The van der Waals surface area contributed by atoms with Crippen molar-refractivity contribution in [3.63, 3.8) is 0 Å². The molecule has 35 heavy (non-hydrogen) atoms. The van der Waals surface area contributed by atoms with Gasteiger partial charge in [0.05, 0.1) is 20.6 Å². The number of ether oxygens (including phenoxy) is 2. The number of carbonyl (C=O) groups excluding carboxylic acids is 2. The smallest absolute Gasteiger partial charge is 0.323 e. The maximum Gasteiger partial charge on any atom is 0.323 e. The molecule has 0 aliphatic heterocycles. The van der Waals surface area contributed by atoms with Crippen LogP contribution in [0.4, 0.5) is 0 Å². The van der Waals surface area contributed by atoms with Crippen LogP contribution in [0.15, 0.2) is 36.4 Å². The Morgan fingerprint density at radius 1 is 0.914 bits per heavy atom. The van der Waals surface area contributed by atoms with E-state index in [-0.39, 0.29) is 17.9 Å². The van der Waals surface area contributed by atoms with Gasteiger partial charge in [-0.1, -0.05) is 67.1 Å². The Bertz CT molecular complexity index is 999. The van der Waals surface area contributed by atoms with E-state index in [4.69, 9.17) is 24.6 Å². The van der Waals surface area contributed by atoms with E-state index in [9.17, 15) is 19.8 Å². The maximum atomic E-state index is 13.0. The molecule has 5 atom stereocenters. The summed E-state index contributed by atoms with van der Waals surface area (Å²) in [5.74, 6) is -1.21. The second kappa shape index (κ2) is 13.8. The molecule has 0 saturated heterocycles. The lowest BCUT2D eigenvalue weighted by Gasteiger charge is -2.40. The van der Waals surface area contributed by atoms with Crippen molar-refractivity contribution in [2.24, 2.45) is 0 Å². The predicted octanol–water partition coefficient (Wildman–Crippen LogP) is 4.41. The van der Waals surface area contributed by atoms with Gasteiger partial charge < -0.3 is 19.7 Å². The van der Waals surface area contributed by atoms with Crippen LogP contribution in [0.5, 0.6) is 11.5 Å². The first-order valence-electron chi connectivity index (χ1n) is 10.4. The van der Waals surface area contributed by atoms with Crippen molar-refractivity contribution in [2.75, 3.05) is 14.2 Å². The van der Waals surface area contributed by atoms with E-state index in [2.05, 4.69) is 44.1 Å². The third kappa shape index (κ3) is 7.69. The molecule has 2 rings (SSSR count). The Morgan fingerprint density at radius 3 is 1.69 bits per heavy atom. The minimum absolute atomic E-state index is 0.0177. The molecule has 2 N–H and O–H groups in total. The van der Waals surface area contributed by atoms with Gasteiger partial charge in [-0.3, -0.25) is 14.5 Å². The normalized spacial score (nSPS) is 15.6. The van der Waals surface area contributed by atoms with E-state index < -0.39 is 40.9 Å². The summed E-state index contributed by atoms with van der Waals surface area (Å²) >= 11 is 4.27. The monoisotopic (exact) mass is 737 g/mol. The Morgan fingerprint density at radius 2 is 1.34 bits per heavy atom. The number of halogens is 2. The number of esters is 2. The predicted molar refractivity (Wildman–Crippen MR) is 160 cm³/mol. The number of hydrogen-bond acceptors (Lipinski definition) is 7. The quantitative estimate of drug-likeness (QED) is 0.162. The molecule has 184 valence electrons. The van der Waals surface area contributed by atoms with E-state index in [1.54, 1.807) is 41.3 Å². The first kappa shape index (κ1) is 30.6. The number of hydrogen-bond donors (Lipinski definition) is 2. The van der Waals surface area contributed by atoms with Gasteiger partial charge in [0.2, 0.25) is 0 Å². The molecule has 0 fully saturated rings. The van der Waals surface area contributed by atoms with E-state index in [0.29, 0.717) is 11.1 Å². The number of phenolic OH excluding ortho intramolecular Hbond substituents is 2. The first-order valence-corrected chi connectivity index (χ1v) is 18.8. The molecular formula is C22H25B2I2NO6P2. The van der Waals surface area contributed by atoms with Crippen molar-refractivity contribution in [2.45, 2.75) is 38.4 Å². The van der Waals surface area contributed by atoms with Crippen molar-refractivity contribution in [3.05, 3.63) is 47.5 Å². The Labute approximate surface area is 236 Å². The van der Waals surface area contributed by atoms with Crippen LogP contribution in [0.2, 0.25) is 0 Å². The van der Waals surface area contributed by atoms with Gasteiger partial charge in [-0.05, 0) is 48.7 Å². The summed E-state index contributed by atoms with van der Waals surface area (Å²) in [6.07, 6.45) is -0.287. The molecule has 0 saturated carbocycles. The maximum absolute atomic E-state index is 13.0. The summed E-state index contributed by atoms with van der Waals surface area (Å²) in [6.45, 7) is 3.62. The van der Waals surface area contributed by atoms with E-state index in [1.165, 1.54) is 14.2 Å². The van der Waals surface area contributed by atoms with Crippen molar-refractivity contribution in [3.8, 4) is 11.5 Å². The fourth-order valence-electron chi connectivity index (χ4n) is 3.90. The van der Waals surface area contributed by atoms with Crippen LogP contribution in [0.25, 0.3) is 0 Å². The summed E-state index contributed by atoms with van der Waals surface area (Å²) < 4.78 is 9.89. The molecule has 0 aliphatic carbocycles. The van der Waals surface area contributed by atoms with Crippen LogP contribution in [-0.4, -0.2) is 62.4 Å². The highest BCUT2D eigenvalue weighted by molar-refractivity contribution is 14.2. The first-order chi connectivity index (χ1) is 16.4. The molecule has 4 radical (unpaired) electrons.